The molecular formula is C14H17N3O3. The number of ether oxygens (including phenoxy) is 1. The summed E-state index contributed by atoms with van der Waals surface area (Å²) in [5, 5.41) is 14.8. The topological polar surface area (TPSA) is 96.9 Å². The first-order chi connectivity index (χ1) is 9.67. The van der Waals surface area contributed by atoms with Gasteiger partial charge in [-0.15, -0.1) is 0 Å². The van der Waals surface area contributed by atoms with Crippen molar-refractivity contribution >= 4 is 11.7 Å². The number of para-hydroxylation sites is 1. The highest BCUT2D eigenvalue weighted by molar-refractivity contribution is 6.09. The van der Waals surface area contributed by atoms with Crippen LogP contribution in [-0.4, -0.2) is 23.6 Å². The summed E-state index contributed by atoms with van der Waals surface area (Å²) >= 11 is 0. The van der Waals surface area contributed by atoms with E-state index in [1.165, 1.54) is 0 Å². The third-order valence-electron chi connectivity index (χ3n) is 4.05. The Kier molecular flexibility index (Phi) is 3.00. The lowest BCUT2D eigenvalue weighted by molar-refractivity contribution is -0.125. The van der Waals surface area contributed by atoms with E-state index in [0.29, 0.717) is 19.4 Å². The number of benzene rings is 1. The minimum absolute atomic E-state index is 0.00431. The van der Waals surface area contributed by atoms with Crippen molar-refractivity contribution < 1.29 is 14.7 Å². The van der Waals surface area contributed by atoms with Crippen molar-refractivity contribution in [3.8, 4) is 5.75 Å². The van der Waals surface area contributed by atoms with E-state index in [0.717, 1.165) is 17.7 Å². The number of nitrogens with one attached hydrogen (secondary N) is 1. The van der Waals surface area contributed by atoms with Crippen molar-refractivity contribution in [3.05, 3.63) is 29.8 Å². The Morgan fingerprint density at radius 1 is 1.45 bits per heavy atom. The molecule has 1 saturated carbocycles. The molecule has 0 radical (unpaired) electrons. The van der Waals surface area contributed by atoms with Gasteiger partial charge in [-0.05, 0) is 18.9 Å². The summed E-state index contributed by atoms with van der Waals surface area (Å²) in [5.74, 6) is 0.627. The van der Waals surface area contributed by atoms with Crippen molar-refractivity contribution in [2.24, 2.45) is 16.3 Å². The van der Waals surface area contributed by atoms with Crippen LogP contribution < -0.4 is 15.8 Å². The predicted octanol–water partition coefficient (Wildman–Crippen LogP) is 1.15. The smallest absolute Gasteiger partial charge is 0.234 e. The average molecular weight is 275 g/mol. The molecule has 3 rings (SSSR count). The molecule has 0 saturated heterocycles. The van der Waals surface area contributed by atoms with E-state index in [1.54, 1.807) is 0 Å². The SMILES string of the molecule is N/C(=N/O)C1(C(=O)NC2CCOc3ccccc32)CC1. The van der Waals surface area contributed by atoms with Gasteiger partial charge in [-0.2, -0.15) is 0 Å². The molecule has 1 heterocycles. The van der Waals surface area contributed by atoms with E-state index in [1.807, 2.05) is 24.3 Å². The van der Waals surface area contributed by atoms with Crippen LogP contribution in [0.2, 0.25) is 0 Å². The van der Waals surface area contributed by atoms with Crippen LogP contribution in [-0.2, 0) is 4.79 Å². The van der Waals surface area contributed by atoms with Gasteiger partial charge in [-0.25, -0.2) is 0 Å². The van der Waals surface area contributed by atoms with Crippen LogP contribution >= 0.6 is 0 Å². The number of fused-ring (bicyclic) bond motifs is 1. The van der Waals surface area contributed by atoms with Crippen molar-refractivity contribution in [3.63, 3.8) is 0 Å². The first-order valence-electron chi connectivity index (χ1n) is 6.68. The predicted molar refractivity (Wildman–Crippen MR) is 72.5 cm³/mol. The molecule has 0 aromatic heterocycles. The minimum Gasteiger partial charge on any atom is -0.493 e. The summed E-state index contributed by atoms with van der Waals surface area (Å²) in [6.07, 6.45) is 1.97. The zero-order chi connectivity index (χ0) is 14.2. The molecule has 4 N–H and O–H groups in total. The van der Waals surface area contributed by atoms with Gasteiger partial charge in [-0.3, -0.25) is 4.79 Å². The Morgan fingerprint density at radius 3 is 2.90 bits per heavy atom. The maximum absolute atomic E-state index is 12.4. The molecule has 1 aliphatic carbocycles. The number of nitrogens with zero attached hydrogens (tertiary/aromatic N) is 1. The van der Waals surface area contributed by atoms with Crippen LogP contribution in [0.4, 0.5) is 0 Å². The van der Waals surface area contributed by atoms with E-state index < -0.39 is 5.41 Å². The molecule has 2 aliphatic rings. The Bertz CT molecular complexity index is 567. The van der Waals surface area contributed by atoms with Crippen LogP contribution in [0.1, 0.15) is 30.9 Å². The summed E-state index contributed by atoms with van der Waals surface area (Å²) in [4.78, 5) is 12.4. The lowest BCUT2D eigenvalue weighted by Gasteiger charge is -2.28. The maximum Gasteiger partial charge on any atom is 0.234 e. The Labute approximate surface area is 116 Å². The number of oxime groups is 1. The molecule has 106 valence electrons. The van der Waals surface area contributed by atoms with Gasteiger partial charge in [0.2, 0.25) is 5.91 Å². The van der Waals surface area contributed by atoms with Gasteiger partial charge in [0, 0.05) is 12.0 Å². The van der Waals surface area contributed by atoms with Crippen LogP contribution in [0, 0.1) is 5.41 Å². The Morgan fingerprint density at radius 2 is 2.20 bits per heavy atom. The molecule has 0 bridgehead atoms. The average Bonchev–Trinajstić information content (AvgIpc) is 3.28. The number of carbonyl (C=O) groups is 1. The second-order valence-corrected chi connectivity index (χ2v) is 5.27. The fourth-order valence-corrected chi connectivity index (χ4v) is 2.61. The monoisotopic (exact) mass is 275 g/mol. The van der Waals surface area contributed by atoms with Crippen LogP contribution in [0.25, 0.3) is 0 Å². The molecule has 1 fully saturated rings. The summed E-state index contributed by atoms with van der Waals surface area (Å²) in [6.45, 7) is 0.568. The fourth-order valence-electron chi connectivity index (χ4n) is 2.61. The molecule has 20 heavy (non-hydrogen) atoms. The molecule has 1 atom stereocenters. The van der Waals surface area contributed by atoms with Gasteiger partial charge in [0.15, 0.2) is 5.84 Å². The molecule has 6 nitrogen and oxygen atoms in total. The number of amidine groups is 1. The van der Waals surface area contributed by atoms with Crippen molar-refractivity contribution in [2.45, 2.75) is 25.3 Å². The van der Waals surface area contributed by atoms with Gasteiger partial charge in [-0.1, -0.05) is 23.4 Å². The highest BCUT2D eigenvalue weighted by Gasteiger charge is 2.54. The third-order valence-corrected chi connectivity index (χ3v) is 4.05. The molecule has 1 amide bonds. The number of amides is 1. The van der Waals surface area contributed by atoms with Gasteiger partial charge in [0.25, 0.3) is 0 Å². The summed E-state index contributed by atoms with van der Waals surface area (Å²) in [7, 11) is 0. The third kappa shape index (κ3) is 1.97. The lowest BCUT2D eigenvalue weighted by atomic mass is 9.98. The fraction of sp³-hybridized carbons (Fsp3) is 0.429. The minimum atomic E-state index is -0.817. The molecule has 0 spiro atoms. The summed E-state index contributed by atoms with van der Waals surface area (Å²) in [6, 6.07) is 7.58. The molecule has 1 unspecified atom stereocenters. The largest absolute Gasteiger partial charge is 0.493 e. The van der Waals surface area contributed by atoms with E-state index in [4.69, 9.17) is 15.7 Å². The number of nitrogens with two attached hydrogens (primary N) is 1. The Balaban J connectivity index is 1.78. The zero-order valence-electron chi connectivity index (χ0n) is 11.0. The normalized spacial score (nSPS) is 23.4. The van der Waals surface area contributed by atoms with Gasteiger partial charge in [0.05, 0.1) is 12.6 Å². The first-order valence-corrected chi connectivity index (χ1v) is 6.68. The molecule has 6 heteroatoms. The van der Waals surface area contributed by atoms with E-state index in [9.17, 15) is 4.79 Å². The van der Waals surface area contributed by atoms with E-state index >= 15 is 0 Å². The number of carbonyl (C=O) groups excluding carboxylic acids is 1. The molecule has 1 aromatic rings. The summed E-state index contributed by atoms with van der Waals surface area (Å²) < 4.78 is 5.57. The van der Waals surface area contributed by atoms with Crippen molar-refractivity contribution in [1.82, 2.24) is 5.32 Å². The number of rotatable bonds is 3. The van der Waals surface area contributed by atoms with E-state index in [2.05, 4.69) is 10.5 Å². The number of hydrogen-bond donors (Lipinski definition) is 3. The molecule has 1 aliphatic heterocycles. The van der Waals surface area contributed by atoms with Crippen LogP contribution in [0.5, 0.6) is 5.75 Å². The van der Waals surface area contributed by atoms with Gasteiger partial charge in [0.1, 0.15) is 11.2 Å². The quantitative estimate of drug-likeness (QED) is 0.333. The second kappa shape index (κ2) is 4.70. The van der Waals surface area contributed by atoms with Crippen molar-refractivity contribution in [1.29, 1.82) is 0 Å². The lowest BCUT2D eigenvalue weighted by Crippen LogP contribution is -2.43. The molecule has 1 aromatic carbocycles. The van der Waals surface area contributed by atoms with Crippen molar-refractivity contribution in [2.75, 3.05) is 6.61 Å². The first kappa shape index (κ1) is 12.8. The second-order valence-electron chi connectivity index (χ2n) is 5.27. The Hall–Kier alpha value is -2.24. The zero-order valence-corrected chi connectivity index (χ0v) is 11.0. The highest BCUT2D eigenvalue weighted by atomic mass is 16.5. The maximum atomic E-state index is 12.4. The summed E-state index contributed by atoms with van der Waals surface area (Å²) in [5.41, 5.74) is 5.79. The van der Waals surface area contributed by atoms with Gasteiger partial charge >= 0.3 is 0 Å². The van der Waals surface area contributed by atoms with Crippen LogP contribution in [0.15, 0.2) is 29.4 Å². The molecular weight excluding hydrogens is 258 g/mol. The standard InChI is InChI=1S/C14H17N3O3/c15-12(17-19)14(6-7-14)13(18)16-10-5-8-20-11-4-2-1-3-9(10)11/h1-4,10,19H,5-8H2,(H2,15,17)(H,16,18). The highest BCUT2D eigenvalue weighted by Crippen LogP contribution is 2.46. The van der Waals surface area contributed by atoms with Crippen LogP contribution in [0.3, 0.4) is 0 Å². The number of hydrogen-bond acceptors (Lipinski definition) is 4. The van der Waals surface area contributed by atoms with Gasteiger partial charge < -0.3 is 21.0 Å². The van der Waals surface area contributed by atoms with E-state index in [-0.39, 0.29) is 17.8 Å².